The van der Waals surface area contributed by atoms with Crippen LogP contribution >= 0.6 is 0 Å². The van der Waals surface area contributed by atoms with Gasteiger partial charge in [0.15, 0.2) is 0 Å². The van der Waals surface area contributed by atoms with E-state index in [2.05, 4.69) is 64.0 Å². The monoisotopic (exact) mass is 446 g/mol. The van der Waals surface area contributed by atoms with Crippen molar-refractivity contribution in [2.75, 3.05) is 0 Å². The summed E-state index contributed by atoms with van der Waals surface area (Å²) in [6.07, 6.45) is 7.51. The first-order valence-corrected chi connectivity index (χ1v) is 12.0. The fraction of sp³-hybridized carbons (Fsp3) is 0.0645. The first-order valence-electron chi connectivity index (χ1n) is 12.0. The van der Waals surface area contributed by atoms with Gasteiger partial charge in [-0.25, -0.2) is 9.97 Å². The molecule has 0 atom stereocenters. The van der Waals surface area contributed by atoms with Crippen LogP contribution in [0.3, 0.4) is 0 Å². The molecule has 4 heteroatoms. The Bertz CT molecular complexity index is 2070. The second kappa shape index (κ2) is 6.10. The van der Waals surface area contributed by atoms with Crippen LogP contribution in [0.2, 0.25) is 0 Å². The average molecular weight is 447 g/mol. The molecule has 3 aromatic carbocycles. The number of nitrogens with zero attached hydrogens (tertiary/aromatic N) is 4. The molecule has 0 N–H and O–H groups in total. The Hall–Kier alpha value is -4.57. The molecular weight excluding hydrogens is 428 g/mol. The van der Waals surface area contributed by atoms with Crippen molar-refractivity contribution in [3.05, 3.63) is 108 Å². The molecular formula is C31H18N4. The number of aromatic nitrogens is 4. The van der Waals surface area contributed by atoms with Gasteiger partial charge in [-0.3, -0.25) is 9.38 Å². The van der Waals surface area contributed by atoms with E-state index in [0.717, 1.165) is 35.2 Å². The van der Waals surface area contributed by atoms with E-state index in [1.165, 1.54) is 60.7 Å². The summed E-state index contributed by atoms with van der Waals surface area (Å²) in [5.74, 6) is 0. The summed E-state index contributed by atoms with van der Waals surface area (Å²) in [7, 11) is 0. The van der Waals surface area contributed by atoms with Gasteiger partial charge in [-0.05, 0) is 81.6 Å². The number of fused-ring (bicyclic) bond motifs is 16. The van der Waals surface area contributed by atoms with Gasteiger partial charge in [0.2, 0.25) is 0 Å². The number of hydrogen-bond acceptors (Lipinski definition) is 3. The predicted molar refractivity (Wildman–Crippen MR) is 140 cm³/mol. The lowest BCUT2D eigenvalue weighted by atomic mass is 9.92. The minimum Gasteiger partial charge on any atom is -0.274 e. The molecule has 0 saturated heterocycles. The van der Waals surface area contributed by atoms with Gasteiger partial charge in [-0.15, -0.1) is 0 Å². The average Bonchev–Trinajstić information content (AvgIpc) is 3.59. The fourth-order valence-electron chi connectivity index (χ4n) is 6.56. The lowest BCUT2D eigenvalue weighted by molar-refractivity contribution is 1.22. The summed E-state index contributed by atoms with van der Waals surface area (Å²) >= 11 is 0. The molecule has 0 radical (unpaired) electrons. The summed E-state index contributed by atoms with van der Waals surface area (Å²) < 4.78 is 2.17. The minimum atomic E-state index is 0.930. The Kier molecular flexibility index (Phi) is 3.11. The van der Waals surface area contributed by atoms with Crippen molar-refractivity contribution in [2.24, 2.45) is 0 Å². The van der Waals surface area contributed by atoms with Crippen molar-refractivity contribution in [2.45, 2.75) is 12.8 Å². The Morgan fingerprint density at radius 1 is 0.657 bits per heavy atom. The summed E-state index contributed by atoms with van der Waals surface area (Å²) in [5.41, 5.74) is 15.1. The molecule has 2 aliphatic rings. The van der Waals surface area contributed by atoms with Crippen LogP contribution in [-0.4, -0.2) is 19.4 Å². The maximum atomic E-state index is 5.04. The first kappa shape index (κ1) is 17.8. The van der Waals surface area contributed by atoms with E-state index in [1.54, 1.807) is 6.20 Å². The molecule has 9 rings (SSSR count). The maximum absolute atomic E-state index is 5.04. The van der Waals surface area contributed by atoms with Gasteiger partial charge >= 0.3 is 0 Å². The van der Waals surface area contributed by atoms with Crippen molar-refractivity contribution in [3.8, 4) is 22.3 Å². The zero-order chi connectivity index (χ0) is 22.7. The van der Waals surface area contributed by atoms with Gasteiger partial charge in [0.05, 0.1) is 17.2 Å². The Morgan fingerprint density at radius 2 is 1.51 bits per heavy atom. The third kappa shape index (κ3) is 2.11. The third-order valence-corrected chi connectivity index (χ3v) is 7.96. The molecule has 162 valence electrons. The minimum absolute atomic E-state index is 0.930. The van der Waals surface area contributed by atoms with Gasteiger partial charge in [-0.1, -0.05) is 42.5 Å². The quantitative estimate of drug-likeness (QED) is 0.243. The predicted octanol–water partition coefficient (Wildman–Crippen LogP) is 6.73. The molecule has 0 spiro atoms. The maximum Gasteiger partial charge on any atom is 0.147 e. The van der Waals surface area contributed by atoms with Crippen molar-refractivity contribution in [1.82, 2.24) is 19.4 Å². The molecule has 0 unspecified atom stereocenters. The molecule has 0 fully saturated rings. The Morgan fingerprint density at radius 3 is 2.49 bits per heavy atom. The van der Waals surface area contributed by atoms with E-state index in [0.29, 0.717) is 0 Å². The molecule has 4 aromatic heterocycles. The molecule has 0 saturated carbocycles. The van der Waals surface area contributed by atoms with Crippen LogP contribution in [0.5, 0.6) is 0 Å². The topological polar surface area (TPSA) is 43.1 Å². The van der Waals surface area contributed by atoms with Crippen molar-refractivity contribution in [3.63, 3.8) is 0 Å². The molecule has 2 aliphatic carbocycles. The number of benzene rings is 3. The molecule has 4 heterocycles. The fourth-order valence-corrected chi connectivity index (χ4v) is 6.56. The highest BCUT2D eigenvalue weighted by Gasteiger charge is 2.30. The zero-order valence-electron chi connectivity index (χ0n) is 18.8. The number of rotatable bonds is 0. The highest BCUT2D eigenvalue weighted by atomic mass is 15.1. The van der Waals surface area contributed by atoms with E-state index in [1.807, 2.05) is 24.5 Å². The normalized spacial score (nSPS) is 13.5. The molecule has 0 bridgehead atoms. The van der Waals surface area contributed by atoms with Crippen molar-refractivity contribution in [1.29, 1.82) is 0 Å². The summed E-state index contributed by atoms with van der Waals surface area (Å²) in [6, 6.07) is 24.4. The number of hydrogen-bond donors (Lipinski definition) is 0. The second-order valence-corrected chi connectivity index (χ2v) is 9.67. The van der Waals surface area contributed by atoms with E-state index in [-0.39, 0.29) is 0 Å². The van der Waals surface area contributed by atoms with E-state index in [4.69, 9.17) is 9.97 Å². The summed E-state index contributed by atoms with van der Waals surface area (Å²) in [4.78, 5) is 14.2. The van der Waals surface area contributed by atoms with Crippen molar-refractivity contribution < 1.29 is 0 Å². The number of imidazole rings is 1. The van der Waals surface area contributed by atoms with Crippen LogP contribution in [0, 0.1) is 0 Å². The van der Waals surface area contributed by atoms with E-state index < -0.39 is 0 Å². The summed E-state index contributed by atoms with van der Waals surface area (Å²) in [6.45, 7) is 0. The van der Waals surface area contributed by atoms with Crippen LogP contribution < -0.4 is 0 Å². The smallest absolute Gasteiger partial charge is 0.147 e. The highest BCUT2D eigenvalue weighted by molar-refractivity contribution is 6.17. The Labute approximate surface area is 200 Å². The molecule has 35 heavy (non-hydrogen) atoms. The largest absolute Gasteiger partial charge is 0.274 e. The Balaban J connectivity index is 1.45. The van der Waals surface area contributed by atoms with Crippen LogP contribution in [-0.2, 0) is 12.8 Å². The molecule has 4 nitrogen and oxygen atoms in total. The molecule has 0 aliphatic heterocycles. The number of pyridine rings is 3. The lowest BCUT2D eigenvalue weighted by Gasteiger charge is -2.13. The van der Waals surface area contributed by atoms with Gasteiger partial charge in [0, 0.05) is 28.6 Å². The standard InChI is InChI=1S/C31H18N4/c1-2-5-20-17(4-1)14-18-7-8-19-15-24-21(28(19)27(18)20)9-10-23-29(24)22-6-3-12-33-30(22)35-26-16-32-13-11-25(26)34-31(23)35/h1-13,16H,14-15H2. The highest BCUT2D eigenvalue weighted by Crippen LogP contribution is 2.51. The molecule has 0 amide bonds. The van der Waals surface area contributed by atoms with Crippen LogP contribution in [0.25, 0.3) is 60.7 Å². The van der Waals surface area contributed by atoms with Gasteiger partial charge < -0.3 is 0 Å². The van der Waals surface area contributed by atoms with Crippen molar-refractivity contribution >= 4 is 38.5 Å². The zero-order valence-corrected chi connectivity index (χ0v) is 18.8. The lowest BCUT2D eigenvalue weighted by Crippen LogP contribution is -1.96. The molecule has 7 aromatic rings. The van der Waals surface area contributed by atoms with Gasteiger partial charge in [-0.2, -0.15) is 0 Å². The first-order chi connectivity index (χ1) is 17.4. The van der Waals surface area contributed by atoms with Crippen LogP contribution in [0.1, 0.15) is 22.3 Å². The summed E-state index contributed by atoms with van der Waals surface area (Å²) in [5, 5.41) is 3.61. The van der Waals surface area contributed by atoms with Crippen LogP contribution in [0.15, 0.2) is 85.3 Å². The van der Waals surface area contributed by atoms with E-state index >= 15 is 0 Å². The SMILES string of the molecule is c1ccc2c(c1)Cc1ccc3c(c1-2)-c1ccc2c(c1C3)c1cccnc1n1c3cnccc3nc21. The second-order valence-electron chi connectivity index (χ2n) is 9.67. The van der Waals surface area contributed by atoms with Crippen LogP contribution in [0.4, 0.5) is 0 Å². The van der Waals surface area contributed by atoms with E-state index in [9.17, 15) is 0 Å². The third-order valence-electron chi connectivity index (χ3n) is 7.96. The van der Waals surface area contributed by atoms with Gasteiger partial charge in [0.1, 0.15) is 11.3 Å². The van der Waals surface area contributed by atoms with Gasteiger partial charge in [0.25, 0.3) is 0 Å².